The second-order valence-corrected chi connectivity index (χ2v) is 6.05. The van der Waals surface area contributed by atoms with Crippen molar-refractivity contribution >= 4 is 5.91 Å². The van der Waals surface area contributed by atoms with E-state index in [-0.39, 0.29) is 11.9 Å². The Bertz CT molecular complexity index is 805. The highest BCUT2D eigenvalue weighted by atomic mass is 16.1. The average Bonchev–Trinajstić information content (AvgIpc) is 2.63. The fourth-order valence-corrected chi connectivity index (χ4v) is 2.66. The molecule has 3 aromatic rings. The molecule has 0 heterocycles. The highest BCUT2D eigenvalue weighted by molar-refractivity contribution is 5.94. The number of nitrogens with one attached hydrogen (secondary N) is 1. The van der Waals surface area contributed by atoms with Gasteiger partial charge in [0.2, 0.25) is 0 Å². The van der Waals surface area contributed by atoms with E-state index in [1.807, 2.05) is 56.3 Å². The second-order valence-electron chi connectivity index (χ2n) is 6.05. The predicted molar refractivity (Wildman–Crippen MR) is 98.9 cm³/mol. The van der Waals surface area contributed by atoms with Crippen molar-refractivity contribution in [2.75, 3.05) is 0 Å². The Morgan fingerprint density at radius 3 is 2.00 bits per heavy atom. The first-order valence-electron chi connectivity index (χ1n) is 8.16. The Hall–Kier alpha value is -2.87. The maximum absolute atomic E-state index is 12.3. The fourth-order valence-electron chi connectivity index (χ4n) is 2.66. The molecule has 0 saturated carbocycles. The monoisotopic (exact) mass is 315 g/mol. The number of carbonyl (C=O) groups is 1. The van der Waals surface area contributed by atoms with Gasteiger partial charge in [-0.25, -0.2) is 0 Å². The van der Waals surface area contributed by atoms with Gasteiger partial charge in [0.15, 0.2) is 0 Å². The van der Waals surface area contributed by atoms with Gasteiger partial charge in [0.05, 0.1) is 6.04 Å². The van der Waals surface area contributed by atoms with Crippen LogP contribution in [0.3, 0.4) is 0 Å². The molecule has 0 saturated heterocycles. The maximum atomic E-state index is 12.3. The zero-order valence-corrected chi connectivity index (χ0v) is 14.0. The Labute approximate surface area is 143 Å². The lowest BCUT2D eigenvalue weighted by atomic mass is 10.0. The molecular formula is C22H21NO. The van der Waals surface area contributed by atoms with Crippen molar-refractivity contribution in [2.24, 2.45) is 0 Å². The molecule has 3 aromatic carbocycles. The van der Waals surface area contributed by atoms with Crippen LogP contribution in [-0.2, 0) is 0 Å². The van der Waals surface area contributed by atoms with Crippen LogP contribution >= 0.6 is 0 Å². The van der Waals surface area contributed by atoms with E-state index in [1.54, 1.807) is 0 Å². The summed E-state index contributed by atoms with van der Waals surface area (Å²) in [5.74, 6) is -0.0466. The molecule has 1 atom stereocenters. The zero-order chi connectivity index (χ0) is 16.9. The van der Waals surface area contributed by atoms with E-state index in [2.05, 4.69) is 41.7 Å². The van der Waals surface area contributed by atoms with Crippen molar-refractivity contribution in [3.63, 3.8) is 0 Å². The molecule has 1 amide bonds. The molecule has 120 valence electrons. The summed E-state index contributed by atoms with van der Waals surface area (Å²) < 4.78 is 0. The molecule has 0 aromatic heterocycles. The maximum Gasteiger partial charge on any atom is 0.251 e. The zero-order valence-electron chi connectivity index (χ0n) is 14.0. The number of rotatable bonds is 4. The molecule has 3 rings (SSSR count). The summed E-state index contributed by atoms with van der Waals surface area (Å²) in [5, 5.41) is 3.05. The van der Waals surface area contributed by atoms with Crippen LogP contribution in [0.2, 0.25) is 0 Å². The fraction of sp³-hybridized carbons (Fsp3) is 0.136. The van der Waals surface area contributed by atoms with Gasteiger partial charge in [-0.15, -0.1) is 0 Å². The lowest BCUT2D eigenvalue weighted by Crippen LogP contribution is -2.26. The van der Waals surface area contributed by atoms with Gasteiger partial charge in [-0.05, 0) is 42.7 Å². The first-order chi connectivity index (χ1) is 11.6. The molecule has 0 spiro atoms. The van der Waals surface area contributed by atoms with E-state index < -0.39 is 0 Å². The molecular weight excluding hydrogens is 294 g/mol. The molecule has 0 aliphatic rings. The van der Waals surface area contributed by atoms with E-state index in [9.17, 15) is 4.79 Å². The number of benzene rings is 3. The Morgan fingerprint density at radius 1 is 0.792 bits per heavy atom. The molecule has 2 nitrogen and oxygen atoms in total. The van der Waals surface area contributed by atoms with Gasteiger partial charge in [0.25, 0.3) is 5.91 Å². The highest BCUT2D eigenvalue weighted by Crippen LogP contribution is 2.22. The Morgan fingerprint density at radius 2 is 1.38 bits per heavy atom. The van der Waals surface area contributed by atoms with Crippen molar-refractivity contribution in [1.29, 1.82) is 0 Å². The van der Waals surface area contributed by atoms with Crippen molar-refractivity contribution < 1.29 is 4.79 Å². The summed E-state index contributed by atoms with van der Waals surface area (Å²) in [4.78, 5) is 12.3. The van der Waals surface area contributed by atoms with Crippen molar-refractivity contribution in [2.45, 2.75) is 19.9 Å². The summed E-state index contributed by atoms with van der Waals surface area (Å²) in [6, 6.07) is 26.2. The lowest BCUT2D eigenvalue weighted by molar-refractivity contribution is 0.0940. The van der Waals surface area contributed by atoms with Crippen LogP contribution in [0.4, 0.5) is 0 Å². The normalized spacial score (nSPS) is 11.8. The summed E-state index contributed by atoms with van der Waals surface area (Å²) in [6.07, 6.45) is 0. The number of hydrogen-bond donors (Lipinski definition) is 1. The Kier molecular flexibility index (Phi) is 4.76. The van der Waals surface area contributed by atoms with Crippen LogP contribution in [0.25, 0.3) is 11.1 Å². The Balaban J connectivity index is 1.70. The first-order valence-corrected chi connectivity index (χ1v) is 8.16. The third kappa shape index (κ3) is 3.72. The number of aryl methyl sites for hydroxylation is 1. The quantitative estimate of drug-likeness (QED) is 0.708. The SMILES string of the molecule is Cc1ccc(C(=O)N[C@H](C)c2ccc(-c3ccccc3)cc2)cc1. The summed E-state index contributed by atoms with van der Waals surface area (Å²) in [5.41, 5.74) is 5.30. The minimum absolute atomic E-state index is 0.0383. The van der Waals surface area contributed by atoms with Gasteiger partial charge in [0, 0.05) is 5.56 Å². The van der Waals surface area contributed by atoms with Crippen LogP contribution < -0.4 is 5.32 Å². The molecule has 0 fully saturated rings. The van der Waals surface area contributed by atoms with Gasteiger partial charge in [0.1, 0.15) is 0 Å². The molecule has 0 radical (unpaired) electrons. The first kappa shape index (κ1) is 16.0. The van der Waals surface area contributed by atoms with Gasteiger partial charge in [-0.1, -0.05) is 72.3 Å². The number of carbonyl (C=O) groups excluding carboxylic acids is 1. The van der Waals surface area contributed by atoms with Gasteiger partial charge in [-0.2, -0.15) is 0 Å². The van der Waals surface area contributed by atoms with E-state index in [0.29, 0.717) is 5.56 Å². The largest absolute Gasteiger partial charge is 0.346 e. The van der Waals surface area contributed by atoms with E-state index >= 15 is 0 Å². The van der Waals surface area contributed by atoms with Crippen molar-refractivity contribution in [3.05, 3.63) is 95.6 Å². The van der Waals surface area contributed by atoms with Crippen molar-refractivity contribution in [3.8, 4) is 11.1 Å². The smallest absolute Gasteiger partial charge is 0.251 e. The summed E-state index contributed by atoms with van der Waals surface area (Å²) in [7, 11) is 0. The van der Waals surface area contributed by atoms with Crippen LogP contribution in [0.1, 0.15) is 34.5 Å². The van der Waals surface area contributed by atoms with Crippen LogP contribution in [0.5, 0.6) is 0 Å². The number of hydrogen-bond acceptors (Lipinski definition) is 1. The highest BCUT2D eigenvalue weighted by Gasteiger charge is 2.11. The molecule has 0 aliphatic heterocycles. The van der Waals surface area contributed by atoms with Gasteiger partial charge in [-0.3, -0.25) is 4.79 Å². The minimum atomic E-state index is -0.0466. The second kappa shape index (κ2) is 7.14. The molecule has 0 bridgehead atoms. The molecule has 0 aliphatic carbocycles. The third-order valence-electron chi connectivity index (χ3n) is 4.18. The van der Waals surface area contributed by atoms with E-state index in [1.165, 1.54) is 11.1 Å². The minimum Gasteiger partial charge on any atom is -0.346 e. The molecule has 24 heavy (non-hydrogen) atoms. The standard InChI is InChI=1S/C22H21NO/c1-16-8-10-21(11-9-16)22(24)23-17(2)18-12-14-20(15-13-18)19-6-4-3-5-7-19/h3-15,17H,1-2H3,(H,23,24)/t17-/m1/s1. The third-order valence-corrected chi connectivity index (χ3v) is 4.18. The van der Waals surface area contributed by atoms with E-state index in [4.69, 9.17) is 0 Å². The van der Waals surface area contributed by atoms with Crippen LogP contribution in [-0.4, -0.2) is 5.91 Å². The topological polar surface area (TPSA) is 29.1 Å². The molecule has 1 N–H and O–H groups in total. The van der Waals surface area contributed by atoms with Crippen molar-refractivity contribution in [1.82, 2.24) is 5.32 Å². The summed E-state index contributed by atoms with van der Waals surface area (Å²) in [6.45, 7) is 4.02. The van der Waals surface area contributed by atoms with Gasteiger partial charge < -0.3 is 5.32 Å². The molecule has 0 unspecified atom stereocenters. The van der Waals surface area contributed by atoms with Crippen LogP contribution in [0, 0.1) is 6.92 Å². The summed E-state index contributed by atoms with van der Waals surface area (Å²) >= 11 is 0. The lowest BCUT2D eigenvalue weighted by Gasteiger charge is -2.15. The van der Waals surface area contributed by atoms with Crippen LogP contribution in [0.15, 0.2) is 78.9 Å². The predicted octanol–water partition coefficient (Wildman–Crippen LogP) is 5.15. The van der Waals surface area contributed by atoms with Gasteiger partial charge >= 0.3 is 0 Å². The number of amides is 1. The molecule has 2 heteroatoms. The van der Waals surface area contributed by atoms with E-state index in [0.717, 1.165) is 11.1 Å². The average molecular weight is 315 g/mol.